The Hall–Kier alpha value is -3.33. The zero-order valence-electron chi connectivity index (χ0n) is 17.7. The number of thioether (sulfide) groups is 1. The van der Waals surface area contributed by atoms with Gasteiger partial charge in [0.1, 0.15) is 5.75 Å². The molecular weight excluding hydrogens is 428 g/mol. The molecule has 0 radical (unpaired) electrons. The maximum Gasteiger partial charge on any atom is 0.277 e. The minimum atomic E-state index is -0.176. The van der Waals surface area contributed by atoms with E-state index in [-0.39, 0.29) is 17.6 Å². The number of ether oxygens (including phenoxy) is 1. The van der Waals surface area contributed by atoms with E-state index in [1.807, 2.05) is 53.4 Å². The molecule has 1 saturated heterocycles. The molecule has 0 unspecified atom stereocenters. The molecule has 1 aromatic heterocycles. The smallest absolute Gasteiger partial charge is 0.277 e. The van der Waals surface area contributed by atoms with Gasteiger partial charge in [-0.2, -0.15) is 0 Å². The summed E-state index contributed by atoms with van der Waals surface area (Å²) in [6.45, 7) is 1.35. The van der Waals surface area contributed by atoms with Crippen molar-refractivity contribution in [2.24, 2.45) is 0 Å². The first kappa shape index (κ1) is 21.9. The van der Waals surface area contributed by atoms with Crippen LogP contribution in [0.15, 0.2) is 58.2 Å². The summed E-state index contributed by atoms with van der Waals surface area (Å²) in [7, 11) is 1.60. The number of benzene rings is 2. The number of carbonyl (C=O) groups is 2. The van der Waals surface area contributed by atoms with Crippen molar-refractivity contribution in [1.29, 1.82) is 0 Å². The molecule has 0 aliphatic carbocycles. The zero-order chi connectivity index (χ0) is 22.3. The first-order valence-electron chi connectivity index (χ1n) is 10.4. The van der Waals surface area contributed by atoms with Crippen LogP contribution in [0.1, 0.15) is 24.8 Å². The molecule has 0 saturated carbocycles. The van der Waals surface area contributed by atoms with Gasteiger partial charge in [-0.05, 0) is 54.8 Å². The predicted molar refractivity (Wildman–Crippen MR) is 121 cm³/mol. The molecule has 0 spiro atoms. The quantitative estimate of drug-likeness (QED) is 0.516. The van der Waals surface area contributed by atoms with Crippen LogP contribution >= 0.6 is 11.8 Å². The number of likely N-dealkylation sites (tertiary alicyclic amines) is 1. The molecule has 1 aliphatic heterocycles. The summed E-state index contributed by atoms with van der Waals surface area (Å²) < 4.78 is 10.8. The van der Waals surface area contributed by atoms with Crippen LogP contribution in [0.25, 0.3) is 11.5 Å². The Balaban J connectivity index is 1.29. The summed E-state index contributed by atoms with van der Waals surface area (Å²) in [4.78, 5) is 26.3. The number of piperidine rings is 1. The molecule has 1 N–H and O–H groups in total. The summed E-state index contributed by atoms with van der Waals surface area (Å²) in [5, 5.41) is 11.2. The van der Waals surface area contributed by atoms with E-state index in [4.69, 9.17) is 9.15 Å². The monoisotopic (exact) mass is 452 g/mol. The van der Waals surface area contributed by atoms with E-state index in [0.29, 0.717) is 29.8 Å². The number of aromatic nitrogens is 2. The Labute approximate surface area is 190 Å². The van der Waals surface area contributed by atoms with Crippen LogP contribution < -0.4 is 10.1 Å². The highest BCUT2D eigenvalue weighted by Gasteiger charge is 2.18. The number of hydrogen-bond donors (Lipinski definition) is 1. The number of carbonyl (C=O) groups excluding carboxylic acids is 2. The van der Waals surface area contributed by atoms with Crippen LogP contribution in [0.4, 0.5) is 5.69 Å². The molecule has 4 rings (SSSR count). The minimum absolute atomic E-state index is 0.138. The van der Waals surface area contributed by atoms with Gasteiger partial charge in [0.15, 0.2) is 0 Å². The summed E-state index contributed by atoms with van der Waals surface area (Å²) in [5.74, 6) is 1.28. The van der Waals surface area contributed by atoms with Gasteiger partial charge in [0.2, 0.25) is 17.7 Å². The van der Waals surface area contributed by atoms with E-state index in [2.05, 4.69) is 15.5 Å². The van der Waals surface area contributed by atoms with E-state index in [9.17, 15) is 9.59 Å². The third-order valence-electron chi connectivity index (χ3n) is 5.08. The lowest BCUT2D eigenvalue weighted by molar-refractivity contribution is -0.133. The third-order valence-corrected chi connectivity index (χ3v) is 5.89. The standard InChI is InChI=1S/C23H24N4O4S/c1-30-19-10-8-17(9-11-19)22-25-26-23(31-22)32-15-20(28)24-18-6-4-5-16(13-18)14-27-12-3-2-7-21(27)29/h4-6,8-11,13H,2-3,7,12,14-15H2,1H3,(H,24,28). The van der Waals surface area contributed by atoms with Crippen LogP contribution in [0.5, 0.6) is 5.75 Å². The molecule has 9 heteroatoms. The Kier molecular flexibility index (Phi) is 7.06. The van der Waals surface area contributed by atoms with Gasteiger partial charge in [0, 0.05) is 30.8 Å². The maximum absolute atomic E-state index is 12.4. The fraction of sp³-hybridized carbons (Fsp3) is 0.304. The Bertz CT molecular complexity index is 1080. The molecule has 0 atom stereocenters. The second kappa shape index (κ2) is 10.3. The normalized spacial score (nSPS) is 13.8. The fourth-order valence-electron chi connectivity index (χ4n) is 3.44. The van der Waals surface area contributed by atoms with Crippen molar-refractivity contribution in [3.63, 3.8) is 0 Å². The molecule has 3 aromatic rings. The largest absolute Gasteiger partial charge is 0.497 e. The summed E-state index contributed by atoms with van der Waals surface area (Å²) in [6.07, 6.45) is 2.61. The third kappa shape index (κ3) is 5.67. The number of nitrogens with one attached hydrogen (secondary N) is 1. The maximum atomic E-state index is 12.4. The van der Waals surface area contributed by atoms with Crippen molar-refractivity contribution in [1.82, 2.24) is 15.1 Å². The summed E-state index contributed by atoms with van der Waals surface area (Å²) in [5.41, 5.74) is 2.47. The van der Waals surface area contributed by atoms with Gasteiger partial charge < -0.3 is 19.4 Å². The Morgan fingerprint density at radius 3 is 2.81 bits per heavy atom. The van der Waals surface area contributed by atoms with Crippen LogP contribution in [-0.4, -0.2) is 46.3 Å². The molecule has 1 fully saturated rings. The average molecular weight is 453 g/mol. The fourth-order valence-corrected chi connectivity index (χ4v) is 4.00. The number of hydrogen-bond acceptors (Lipinski definition) is 7. The molecular formula is C23H24N4O4S. The second-order valence-corrected chi connectivity index (χ2v) is 8.34. The van der Waals surface area contributed by atoms with Crippen molar-refractivity contribution in [2.75, 3.05) is 24.7 Å². The average Bonchev–Trinajstić information content (AvgIpc) is 3.29. The van der Waals surface area contributed by atoms with Crippen molar-refractivity contribution >= 4 is 29.3 Å². The van der Waals surface area contributed by atoms with Crippen LogP contribution in [0.3, 0.4) is 0 Å². The van der Waals surface area contributed by atoms with E-state index in [1.165, 1.54) is 11.8 Å². The predicted octanol–water partition coefficient (Wildman–Crippen LogP) is 3.99. The highest BCUT2D eigenvalue weighted by Crippen LogP contribution is 2.25. The summed E-state index contributed by atoms with van der Waals surface area (Å²) in [6, 6.07) is 14.9. The number of amides is 2. The molecule has 166 valence electrons. The molecule has 2 heterocycles. The SMILES string of the molecule is COc1ccc(-c2nnc(SCC(=O)Nc3cccc(CN4CCCCC4=O)c3)o2)cc1. The van der Waals surface area contributed by atoms with Gasteiger partial charge in [0.25, 0.3) is 5.22 Å². The highest BCUT2D eigenvalue weighted by atomic mass is 32.2. The van der Waals surface area contributed by atoms with Crippen molar-refractivity contribution in [3.8, 4) is 17.2 Å². The molecule has 2 aromatic carbocycles. The van der Waals surface area contributed by atoms with Gasteiger partial charge in [0.05, 0.1) is 12.9 Å². The zero-order valence-corrected chi connectivity index (χ0v) is 18.6. The van der Waals surface area contributed by atoms with Crippen LogP contribution in [0, 0.1) is 0 Å². The summed E-state index contributed by atoms with van der Waals surface area (Å²) >= 11 is 1.17. The lowest BCUT2D eigenvalue weighted by Crippen LogP contribution is -2.34. The lowest BCUT2D eigenvalue weighted by atomic mass is 10.1. The topological polar surface area (TPSA) is 97.6 Å². The number of anilines is 1. The van der Waals surface area contributed by atoms with Gasteiger partial charge in [-0.3, -0.25) is 9.59 Å². The lowest BCUT2D eigenvalue weighted by Gasteiger charge is -2.26. The van der Waals surface area contributed by atoms with Gasteiger partial charge in [-0.25, -0.2) is 0 Å². The van der Waals surface area contributed by atoms with E-state index in [1.54, 1.807) is 7.11 Å². The van der Waals surface area contributed by atoms with Gasteiger partial charge in [-0.1, -0.05) is 23.9 Å². The van der Waals surface area contributed by atoms with Crippen LogP contribution in [0.2, 0.25) is 0 Å². The van der Waals surface area contributed by atoms with Crippen molar-refractivity contribution in [2.45, 2.75) is 31.0 Å². The highest BCUT2D eigenvalue weighted by molar-refractivity contribution is 7.99. The molecule has 8 nitrogen and oxygen atoms in total. The molecule has 0 bridgehead atoms. The van der Waals surface area contributed by atoms with E-state index >= 15 is 0 Å². The number of rotatable bonds is 8. The number of methoxy groups -OCH3 is 1. The van der Waals surface area contributed by atoms with Crippen molar-refractivity contribution < 1.29 is 18.7 Å². The van der Waals surface area contributed by atoms with E-state index < -0.39 is 0 Å². The van der Waals surface area contributed by atoms with Gasteiger partial charge >= 0.3 is 0 Å². The van der Waals surface area contributed by atoms with Crippen molar-refractivity contribution in [3.05, 3.63) is 54.1 Å². The Morgan fingerprint density at radius 1 is 1.19 bits per heavy atom. The Morgan fingerprint density at radius 2 is 2.03 bits per heavy atom. The first-order chi connectivity index (χ1) is 15.6. The molecule has 32 heavy (non-hydrogen) atoms. The second-order valence-electron chi connectivity index (χ2n) is 7.41. The van der Waals surface area contributed by atoms with Gasteiger partial charge in [-0.15, -0.1) is 10.2 Å². The molecule has 2 amide bonds. The van der Waals surface area contributed by atoms with Crippen LogP contribution in [-0.2, 0) is 16.1 Å². The molecule has 1 aliphatic rings. The number of nitrogens with zero attached hydrogens (tertiary/aromatic N) is 3. The van der Waals surface area contributed by atoms with E-state index in [0.717, 1.165) is 36.3 Å². The minimum Gasteiger partial charge on any atom is -0.497 e. The first-order valence-corrected chi connectivity index (χ1v) is 11.4.